The predicted octanol–water partition coefficient (Wildman–Crippen LogP) is 6.30. The molecule has 6 rings (SSSR count). The molecule has 0 amide bonds. The van der Waals surface area contributed by atoms with Crippen LogP contribution in [0.3, 0.4) is 0 Å². The summed E-state index contributed by atoms with van der Waals surface area (Å²) >= 11 is 0. The molecule has 1 fully saturated rings. The SMILES string of the molecule is CC1CCC(C)N1c1c(NC(=Cc2ccc(Nc3nc(-c4ccc(F)cc4)cc4ccccc34)cc2)C(=O)O)c(=O)c1=O. The van der Waals surface area contributed by atoms with Crippen molar-refractivity contribution in [2.75, 3.05) is 15.5 Å². The minimum Gasteiger partial charge on any atom is -0.477 e. The lowest BCUT2D eigenvalue weighted by Gasteiger charge is -2.31. The Balaban J connectivity index is 1.27. The second-order valence-electron chi connectivity index (χ2n) is 10.9. The molecule has 0 spiro atoms. The van der Waals surface area contributed by atoms with Gasteiger partial charge in [0.2, 0.25) is 0 Å². The number of anilines is 4. The number of rotatable bonds is 8. The zero-order valence-corrected chi connectivity index (χ0v) is 23.6. The van der Waals surface area contributed by atoms with Gasteiger partial charge in [-0.1, -0.05) is 36.4 Å². The first-order valence-corrected chi connectivity index (χ1v) is 14.1. The summed E-state index contributed by atoms with van der Waals surface area (Å²) in [4.78, 5) is 43.7. The molecule has 9 heteroatoms. The van der Waals surface area contributed by atoms with Crippen LogP contribution in [-0.2, 0) is 4.79 Å². The number of aromatic nitrogens is 1. The summed E-state index contributed by atoms with van der Waals surface area (Å²) in [7, 11) is 0. The third kappa shape index (κ3) is 5.37. The fourth-order valence-electron chi connectivity index (χ4n) is 5.69. The summed E-state index contributed by atoms with van der Waals surface area (Å²) in [6, 6.07) is 23.2. The Labute approximate surface area is 246 Å². The molecule has 1 aliphatic heterocycles. The Bertz CT molecular complexity index is 1930. The lowest BCUT2D eigenvalue weighted by molar-refractivity contribution is -0.132. The maximum Gasteiger partial charge on any atom is 0.352 e. The largest absolute Gasteiger partial charge is 0.477 e. The van der Waals surface area contributed by atoms with Gasteiger partial charge in [0.1, 0.15) is 28.7 Å². The highest BCUT2D eigenvalue weighted by Crippen LogP contribution is 2.34. The van der Waals surface area contributed by atoms with Crippen molar-refractivity contribution in [1.29, 1.82) is 0 Å². The quantitative estimate of drug-likeness (QED) is 0.146. The molecule has 0 aliphatic carbocycles. The number of carboxylic acid groups (broad SMARTS) is 1. The smallest absolute Gasteiger partial charge is 0.352 e. The summed E-state index contributed by atoms with van der Waals surface area (Å²) in [5.74, 6) is -0.956. The first-order chi connectivity index (χ1) is 20.7. The number of aliphatic carboxylic acids is 1. The van der Waals surface area contributed by atoms with Crippen LogP contribution >= 0.6 is 0 Å². The Morgan fingerprint density at radius 1 is 0.953 bits per heavy atom. The van der Waals surface area contributed by atoms with Crippen molar-refractivity contribution >= 4 is 45.7 Å². The van der Waals surface area contributed by atoms with E-state index in [1.54, 1.807) is 36.4 Å². The van der Waals surface area contributed by atoms with Crippen LogP contribution < -0.4 is 26.4 Å². The molecule has 0 saturated carbocycles. The van der Waals surface area contributed by atoms with Crippen molar-refractivity contribution in [2.45, 2.75) is 38.8 Å². The molecular weight excluding hydrogens is 547 g/mol. The molecule has 4 aromatic carbocycles. The second-order valence-corrected chi connectivity index (χ2v) is 10.9. The molecule has 2 heterocycles. The van der Waals surface area contributed by atoms with Gasteiger partial charge in [-0.3, -0.25) is 9.59 Å². The molecule has 2 atom stereocenters. The maximum atomic E-state index is 13.5. The Morgan fingerprint density at radius 3 is 2.30 bits per heavy atom. The number of halogens is 1. The molecule has 1 aromatic heterocycles. The highest BCUT2D eigenvalue weighted by Gasteiger charge is 2.36. The molecule has 43 heavy (non-hydrogen) atoms. The van der Waals surface area contributed by atoms with Crippen LogP contribution in [0.4, 0.5) is 27.3 Å². The van der Waals surface area contributed by atoms with E-state index in [2.05, 4.69) is 10.6 Å². The van der Waals surface area contributed by atoms with Crippen LogP contribution in [0.1, 0.15) is 32.3 Å². The summed E-state index contributed by atoms with van der Waals surface area (Å²) in [5, 5.41) is 17.8. The Morgan fingerprint density at radius 2 is 1.63 bits per heavy atom. The zero-order valence-electron chi connectivity index (χ0n) is 23.6. The topological polar surface area (TPSA) is 112 Å². The number of benzene rings is 3. The van der Waals surface area contributed by atoms with Crippen LogP contribution in [0.15, 0.2) is 94.1 Å². The summed E-state index contributed by atoms with van der Waals surface area (Å²) in [5.41, 5.74) is 1.54. The number of nitrogens with zero attached hydrogens (tertiary/aromatic N) is 2. The van der Waals surface area contributed by atoms with Gasteiger partial charge in [-0.15, -0.1) is 0 Å². The first-order valence-electron chi connectivity index (χ1n) is 14.1. The van der Waals surface area contributed by atoms with Gasteiger partial charge in [-0.05, 0) is 86.2 Å². The van der Waals surface area contributed by atoms with Gasteiger partial charge in [-0.2, -0.15) is 0 Å². The standard InChI is InChI=1S/C34H29FN4O4/c1-19-7-8-20(2)39(19)30-29(31(40)32(30)41)37-28(34(42)43)17-21-9-15-25(16-10-21)36-33-26-6-4-3-5-23(26)18-27(38-33)22-11-13-24(35)14-12-22/h3-6,9-20,37H,7-8H2,1-2H3,(H,36,38)(H,42,43). The van der Waals surface area contributed by atoms with E-state index in [1.807, 2.05) is 49.1 Å². The number of pyridine rings is 1. The summed E-state index contributed by atoms with van der Waals surface area (Å²) in [6.45, 7) is 3.98. The van der Waals surface area contributed by atoms with Crippen LogP contribution in [0, 0.1) is 5.82 Å². The van der Waals surface area contributed by atoms with E-state index in [9.17, 15) is 23.9 Å². The average Bonchev–Trinajstić information content (AvgIpc) is 3.33. The maximum absolute atomic E-state index is 13.5. The fraction of sp³-hybridized carbons (Fsp3) is 0.176. The van der Waals surface area contributed by atoms with Gasteiger partial charge < -0.3 is 20.6 Å². The third-order valence-electron chi connectivity index (χ3n) is 7.95. The number of hydrogen-bond acceptors (Lipinski definition) is 7. The van der Waals surface area contributed by atoms with Gasteiger partial charge in [0.25, 0.3) is 10.9 Å². The highest BCUT2D eigenvalue weighted by atomic mass is 19.1. The monoisotopic (exact) mass is 576 g/mol. The number of hydrogen-bond donors (Lipinski definition) is 3. The second kappa shape index (κ2) is 11.2. The Kier molecular flexibility index (Phi) is 7.23. The van der Waals surface area contributed by atoms with Crippen molar-refractivity contribution in [1.82, 2.24) is 4.98 Å². The highest BCUT2D eigenvalue weighted by molar-refractivity contribution is 5.98. The lowest BCUT2D eigenvalue weighted by atomic mass is 10.1. The van der Waals surface area contributed by atoms with Crippen molar-refractivity contribution in [2.24, 2.45) is 0 Å². The molecule has 0 radical (unpaired) electrons. The lowest BCUT2D eigenvalue weighted by Crippen LogP contribution is -2.46. The van der Waals surface area contributed by atoms with Gasteiger partial charge in [0.05, 0.1) is 5.69 Å². The van der Waals surface area contributed by atoms with Crippen LogP contribution in [0.25, 0.3) is 28.1 Å². The number of carboxylic acids is 1. The number of carbonyl (C=O) groups is 1. The van der Waals surface area contributed by atoms with E-state index in [4.69, 9.17) is 4.98 Å². The number of nitrogens with one attached hydrogen (secondary N) is 2. The molecule has 1 aliphatic rings. The van der Waals surface area contributed by atoms with Gasteiger partial charge >= 0.3 is 5.97 Å². The molecule has 1 saturated heterocycles. The molecule has 2 unspecified atom stereocenters. The average molecular weight is 577 g/mol. The van der Waals surface area contributed by atoms with E-state index in [0.29, 0.717) is 17.1 Å². The normalized spacial score (nSPS) is 17.0. The zero-order chi connectivity index (χ0) is 30.2. The fourth-order valence-corrected chi connectivity index (χ4v) is 5.69. The van der Waals surface area contributed by atoms with Crippen molar-refractivity contribution in [3.8, 4) is 11.3 Å². The minimum atomic E-state index is -1.25. The van der Waals surface area contributed by atoms with Crippen LogP contribution in [-0.4, -0.2) is 28.1 Å². The van der Waals surface area contributed by atoms with Crippen LogP contribution in [0.5, 0.6) is 0 Å². The molecule has 0 bridgehead atoms. The van der Waals surface area contributed by atoms with E-state index in [0.717, 1.165) is 34.9 Å². The minimum absolute atomic E-state index is 0.0246. The molecule has 8 nitrogen and oxygen atoms in total. The van der Waals surface area contributed by atoms with Crippen molar-refractivity contribution in [3.05, 3.63) is 116 Å². The van der Waals surface area contributed by atoms with E-state index < -0.39 is 16.8 Å². The van der Waals surface area contributed by atoms with Gasteiger partial charge in [0, 0.05) is 28.7 Å². The molecule has 5 aromatic rings. The first kappa shape index (κ1) is 27.8. The third-order valence-corrected chi connectivity index (χ3v) is 7.95. The van der Waals surface area contributed by atoms with Crippen LogP contribution in [0.2, 0.25) is 0 Å². The van der Waals surface area contributed by atoms with Gasteiger partial charge in [0.15, 0.2) is 0 Å². The van der Waals surface area contributed by atoms with E-state index in [1.165, 1.54) is 18.2 Å². The number of fused-ring (bicyclic) bond motifs is 1. The summed E-state index contributed by atoms with van der Waals surface area (Å²) in [6.07, 6.45) is 3.21. The summed E-state index contributed by atoms with van der Waals surface area (Å²) < 4.78 is 13.5. The van der Waals surface area contributed by atoms with E-state index >= 15 is 0 Å². The van der Waals surface area contributed by atoms with Crippen molar-refractivity contribution in [3.63, 3.8) is 0 Å². The Hall–Kier alpha value is -5.31. The molecule has 216 valence electrons. The van der Waals surface area contributed by atoms with Gasteiger partial charge in [-0.25, -0.2) is 14.2 Å². The van der Waals surface area contributed by atoms with Crippen molar-refractivity contribution < 1.29 is 14.3 Å². The predicted molar refractivity (Wildman–Crippen MR) is 168 cm³/mol. The molecule has 3 N–H and O–H groups in total. The van der Waals surface area contributed by atoms with E-state index in [-0.39, 0.29) is 35.0 Å². The molecular formula is C34H29FN4O4.